The molecule has 0 amide bonds. The minimum absolute atomic E-state index is 0.161. The SMILES string of the molecule is NC(c1ccc(F)cc1)C1CC(F)(F)C1. The van der Waals surface area contributed by atoms with Gasteiger partial charge in [0, 0.05) is 18.9 Å². The Bertz CT molecular complexity index is 339. The van der Waals surface area contributed by atoms with Gasteiger partial charge in [0.1, 0.15) is 5.82 Å². The first-order valence-corrected chi connectivity index (χ1v) is 4.87. The molecule has 0 radical (unpaired) electrons. The third-order valence-corrected chi connectivity index (χ3v) is 2.88. The van der Waals surface area contributed by atoms with Crippen LogP contribution < -0.4 is 5.73 Å². The second-order valence-electron chi connectivity index (χ2n) is 4.10. The van der Waals surface area contributed by atoms with Crippen LogP contribution in [0.1, 0.15) is 24.4 Å². The Morgan fingerprint density at radius 1 is 1.20 bits per heavy atom. The van der Waals surface area contributed by atoms with Crippen molar-refractivity contribution in [2.24, 2.45) is 11.7 Å². The maximum atomic E-state index is 12.6. The predicted octanol–water partition coefficient (Wildman–Crippen LogP) is 2.87. The molecule has 1 aromatic carbocycles. The van der Waals surface area contributed by atoms with Gasteiger partial charge in [-0.05, 0) is 23.6 Å². The molecule has 1 aliphatic rings. The summed E-state index contributed by atoms with van der Waals surface area (Å²) in [5.74, 6) is -3.09. The van der Waals surface area contributed by atoms with Crippen molar-refractivity contribution in [3.63, 3.8) is 0 Å². The lowest BCUT2D eigenvalue weighted by atomic mass is 9.74. The number of halogens is 3. The predicted molar refractivity (Wildman–Crippen MR) is 51.0 cm³/mol. The lowest BCUT2D eigenvalue weighted by Crippen LogP contribution is -2.41. The maximum Gasteiger partial charge on any atom is 0.248 e. The average Bonchev–Trinajstić information content (AvgIpc) is 2.14. The molecular formula is C11H12F3N. The first-order chi connectivity index (χ1) is 6.98. The van der Waals surface area contributed by atoms with Crippen LogP contribution in [0, 0.1) is 11.7 Å². The van der Waals surface area contributed by atoms with Crippen molar-refractivity contribution in [3.05, 3.63) is 35.6 Å². The van der Waals surface area contributed by atoms with Gasteiger partial charge in [-0.25, -0.2) is 13.2 Å². The van der Waals surface area contributed by atoms with Crippen molar-refractivity contribution in [2.45, 2.75) is 24.8 Å². The Hall–Kier alpha value is -1.03. The summed E-state index contributed by atoms with van der Waals surface area (Å²) in [6.45, 7) is 0. The van der Waals surface area contributed by atoms with Crippen LogP contribution >= 0.6 is 0 Å². The normalized spacial score (nSPS) is 22.1. The minimum Gasteiger partial charge on any atom is -0.324 e. The number of rotatable bonds is 2. The molecule has 4 heteroatoms. The van der Waals surface area contributed by atoms with E-state index < -0.39 is 12.0 Å². The zero-order valence-corrected chi connectivity index (χ0v) is 8.09. The van der Waals surface area contributed by atoms with E-state index in [1.807, 2.05) is 0 Å². The first-order valence-electron chi connectivity index (χ1n) is 4.87. The van der Waals surface area contributed by atoms with Crippen LogP contribution in [-0.4, -0.2) is 5.92 Å². The van der Waals surface area contributed by atoms with Gasteiger partial charge >= 0.3 is 0 Å². The van der Waals surface area contributed by atoms with Crippen molar-refractivity contribution < 1.29 is 13.2 Å². The van der Waals surface area contributed by atoms with Gasteiger partial charge in [-0.2, -0.15) is 0 Å². The molecule has 1 aliphatic carbocycles. The third kappa shape index (κ3) is 2.15. The van der Waals surface area contributed by atoms with E-state index >= 15 is 0 Å². The van der Waals surface area contributed by atoms with Crippen molar-refractivity contribution >= 4 is 0 Å². The molecule has 1 atom stereocenters. The van der Waals surface area contributed by atoms with Gasteiger partial charge in [0.25, 0.3) is 0 Å². The topological polar surface area (TPSA) is 26.0 Å². The van der Waals surface area contributed by atoms with Crippen molar-refractivity contribution in [2.75, 3.05) is 0 Å². The van der Waals surface area contributed by atoms with E-state index in [-0.39, 0.29) is 24.6 Å². The number of alkyl halides is 2. The van der Waals surface area contributed by atoms with Gasteiger partial charge in [0.15, 0.2) is 0 Å². The highest BCUT2D eigenvalue weighted by atomic mass is 19.3. The summed E-state index contributed by atoms with van der Waals surface area (Å²) >= 11 is 0. The third-order valence-electron chi connectivity index (χ3n) is 2.88. The highest BCUT2D eigenvalue weighted by Crippen LogP contribution is 2.47. The standard InChI is InChI=1S/C11H12F3N/c12-9-3-1-7(2-4-9)10(15)8-5-11(13,14)6-8/h1-4,8,10H,5-6,15H2. The van der Waals surface area contributed by atoms with E-state index in [0.717, 1.165) is 5.56 Å². The summed E-state index contributed by atoms with van der Waals surface area (Å²) < 4.78 is 37.8. The zero-order chi connectivity index (χ0) is 11.1. The Balaban J connectivity index is 2.03. The molecule has 1 aromatic rings. The van der Waals surface area contributed by atoms with E-state index in [2.05, 4.69) is 0 Å². The van der Waals surface area contributed by atoms with Crippen molar-refractivity contribution in [1.82, 2.24) is 0 Å². The Labute approximate surface area is 86.1 Å². The fourth-order valence-corrected chi connectivity index (χ4v) is 1.92. The van der Waals surface area contributed by atoms with Crippen molar-refractivity contribution in [1.29, 1.82) is 0 Å². The summed E-state index contributed by atoms with van der Waals surface area (Å²) in [4.78, 5) is 0. The second-order valence-corrected chi connectivity index (χ2v) is 4.10. The monoisotopic (exact) mass is 215 g/mol. The number of hydrogen-bond donors (Lipinski definition) is 1. The number of hydrogen-bond acceptors (Lipinski definition) is 1. The summed E-state index contributed by atoms with van der Waals surface area (Å²) in [7, 11) is 0. The van der Waals surface area contributed by atoms with Crippen LogP contribution in [0.25, 0.3) is 0 Å². The van der Waals surface area contributed by atoms with E-state index in [9.17, 15) is 13.2 Å². The lowest BCUT2D eigenvalue weighted by Gasteiger charge is -2.38. The quantitative estimate of drug-likeness (QED) is 0.806. The molecule has 1 unspecified atom stereocenters. The molecule has 1 fully saturated rings. The number of nitrogens with two attached hydrogens (primary N) is 1. The largest absolute Gasteiger partial charge is 0.324 e. The van der Waals surface area contributed by atoms with Crippen LogP contribution in [0.3, 0.4) is 0 Å². The lowest BCUT2D eigenvalue weighted by molar-refractivity contribution is -0.116. The van der Waals surface area contributed by atoms with Gasteiger partial charge in [0.05, 0.1) is 0 Å². The number of benzene rings is 1. The van der Waals surface area contributed by atoms with Gasteiger partial charge in [0.2, 0.25) is 5.92 Å². The Morgan fingerprint density at radius 2 is 1.73 bits per heavy atom. The van der Waals surface area contributed by atoms with E-state index in [4.69, 9.17) is 5.73 Å². The molecule has 0 heterocycles. The van der Waals surface area contributed by atoms with Crippen LogP contribution in [0.5, 0.6) is 0 Å². The molecule has 1 saturated carbocycles. The summed E-state index contributed by atoms with van der Waals surface area (Å²) in [6, 6.07) is 5.29. The molecule has 15 heavy (non-hydrogen) atoms. The molecule has 1 nitrogen and oxygen atoms in total. The van der Waals surface area contributed by atoms with Crippen LogP contribution in [-0.2, 0) is 0 Å². The smallest absolute Gasteiger partial charge is 0.248 e. The minimum atomic E-state index is -2.55. The average molecular weight is 215 g/mol. The van der Waals surface area contributed by atoms with Crippen LogP contribution in [0.15, 0.2) is 24.3 Å². The first kappa shape index (κ1) is 10.5. The maximum absolute atomic E-state index is 12.6. The van der Waals surface area contributed by atoms with E-state index in [1.54, 1.807) is 12.1 Å². The molecule has 0 saturated heterocycles. The molecule has 0 aliphatic heterocycles. The van der Waals surface area contributed by atoms with Gasteiger partial charge in [-0.3, -0.25) is 0 Å². The second kappa shape index (κ2) is 3.52. The fourth-order valence-electron chi connectivity index (χ4n) is 1.92. The van der Waals surface area contributed by atoms with E-state index in [1.165, 1.54) is 12.1 Å². The summed E-state index contributed by atoms with van der Waals surface area (Å²) in [6.07, 6.45) is -0.322. The van der Waals surface area contributed by atoms with Gasteiger partial charge in [-0.1, -0.05) is 12.1 Å². The van der Waals surface area contributed by atoms with Gasteiger partial charge in [-0.15, -0.1) is 0 Å². The molecule has 0 bridgehead atoms. The molecule has 0 spiro atoms. The van der Waals surface area contributed by atoms with Gasteiger partial charge < -0.3 is 5.73 Å². The zero-order valence-electron chi connectivity index (χ0n) is 8.09. The summed E-state index contributed by atoms with van der Waals surface area (Å²) in [5, 5.41) is 0. The Kier molecular flexibility index (Phi) is 2.46. The molecular weight excluding hydrogens is 203 g/mol. The highest BCUT2D eigenvalue weighted by molar-refractivity contribution is 5.21. The molecule has 82 valence electrons. The van der Waals surface area contributed by atoms with Crippen molar-refractivity contribution in [3.8, 4) is 0 Å². The highest BCUT2D eigenvalue weighted by Gasteiger charge is 2.47. The molecule has 2 N–H and O–H groups in total. The van der Waals surface area contributed by atoms with E-state index in [0.29, 0.717) is 0 Å². The summed E-state index contributed by atoms with van der Waals surface area (Å²) in [5.41, 5.74) is 6.54. The molecule has 0 aromatic heterocycles. The van der Waals surface area contributed by atoms with Crippen LogP contribution in [0.4, 0.5) is 13.2 Å². The Morgan fingerprint density at radius 3 is 2.20 bits per heavy atom. The molecule has 2 rings (SSSR count). The fraction of sp³-hybridized carbons (Fsp3) is 0.455. The van der Waals surface area contributed by atoms with Crippen LogP contribution in [0.2, 0.25) is 0 Å².